The van der Waals surface area contributed by atoms with Crippen LogP contribution < -0.4 is 16.0 Å². The van der Waals surface area contributed by atoms with Crippen molar-refractivity contribution in [3.8, 4) is 0 Å². The first-order valence-corrected chi connectivity index (χ1v) is 7.81. The molecular weight excluding hydrogens is 366 g/mol. The highest BCUT2D eigenvalue weighted by molar-refractivity contribution is 8.01. The van der Waals surface area contributed by atoms with Crippen LogP contribution in [-0.2, 0) is 23.6 Å². The molecule has 2 aliphatic rings. The van der Waals surface area contributed by atoms with E-state index >= 15 is 0 Å². The summed E-state index contributed by atoms with van der Waals surface area (Å²) < 4.78 is 56.9. The highest BCUT2D eigenvalue weighted by Crippen LogP contribution is 2.48. The van der Waals surface area contributed by atoms with E-state index in [0.29, 0.717) is 0 Å². The van der Waals surface area contributed by atoms with Gasteiger partial charge in [-0.3, -0.25) is 14.3 Å². The van der Waals surface area contributed by atoms with Gasteiger partial charge in [0.1, 0.15) is 23.7 Å². The Morgan fingerprint density at radius 1 is 1.40 bits per heavy atom. The number of allylic oxidation sites excluding steroid dienone is 2. The number of nitrogens with one attached hydrogen (secondary N) is 2. The molecule has 0 aromatic carbocycles. The third-order valence-corrected chi connectivity index (χ3v) is 5.06. The molecule has 2 unspecified atom stereocenters. The Morgan fingerprint density at radius 3 is 2.68 bits per heavy atom. The summed E-state index contributed by atoms with van der Waals surface area (Å²) in [6.45, 7) is 0. The largest absolute Gasteiger partial charge is 0.432 e. The molecule has 1 aliphatic heterocycles. The van der Waals surface area contributed by atoms with Gasteiger partial charge in [-0.2, -0.15) is 13.2 Å². The van der Waals surface area contributed by atoms with E-state index in [-0.39, 0.29) is 27.8 Å². The number of fused-ring (bicyclic) bond motifs is 1. The molecule has 0 bridgehead atoms. The minimum absolute atomic E-state index is 0.0658. The van der Waals surface area contributed by atoms with Gasteiger partial charge < -0.3 is 4.79 Å². The number of carbonyl (C=O) groups is 1. The predicted molar refractivity (Wildman–Crippen MR) is 81.5 cm³/mol. The average molecular weight is 377 g/mol. The van der Waals surface area contributed by atoms with Crippen LogP contribution in [0.3, 0.4) is 0 Å². The van der Waals surface area contributed by atoms with Crippen molar-refractivity contribution in [3.63, 3.8) is 0 Å². The normalized spacial score (nSPS) is 26.0. The van der Waals surface area contributed by atoms with Crippen molar-refractivity contribution in [2.75, 3.05) is 0 Å². The van der Waals surface area contributed by atoms with Crippen molar-refractivity contribution in [2.45, 2.75) is 24.3 Å². The molecule has 0 spiro atoms. The maximum Gasteiger partial charge on any atom is 0.432 e. The van der Waals surface area contributed by atoms with Gasteiger partial charge in [0.05, 0.1) is 5.56 Å². The van der Waals surface area contributed by atoms with Crippen LogP contribution in [0.4, 0.5) is 17.6 Å². The molecule has 3 rings (SSSR count). The lowest BCUT2D eigenvalue weighted by Gasteiger charge is -2.28. The number of nitrogens with zero attached hydrogens (tertiary/aromatic N) is 1. The molecule has 11 heteroatoms. The van der Waals surface area contributed by atoms with Crippen LogP contribution in [0.1, 0.15) is 17.7 Å². The summed E-state index contributed by atoms with van der Waals surface area (Å²) in [7, 11) is 0.842. The fourth-order valence-electron chi connectivity index (χ4n) is 2.94. The molecule has 134 valence electrons. The van der Waals surface area contributed by atoms with E-state index in [1.54, 1.807) is 4.98 Å². The number of aldehydes is 1. The van der Waals surface area contributed by atoms with E-state index in [1.807, 2.05) is 0 Å². The first-order chi connectivity index (χ1) is 11.6. The SMILES string of the molecule is Cn1c(C(F)(F)F)c(C2(C=O)NSC3=CC(F)CC=C32)c(=O)[nH]c1=O. The smallest absolute Gasteiger partial charge is 0.300 e. The van der Waals surface area contributed by atoms with Gasteiger partial charge in [0.25, 0.3) is 5.56 Å². The molecule has 6 nitrogen and oxygen atoms in total. The lowest BCUT2D eigenvalue weighted by atomic mass is 9.81. The molecule has 1 saturated heterocycles. The lowest BCUT2D eigenvalue weighted by Crippen LogP contribution is -2.49. The van der Waals surface area contributed by atoms with Crippen LogP contribution in [-0.4, -0.2) is 22.0 Å². The minimum atomic E-state index is -5.07. The summed E-state index contributed by atoms with van der Waals surface area (Å²) in [4.78, 5) is 37.7. The second kappa shape index (κ2) is 5.70. The Labute approximate surface area is 141 Å². The van der Waals surface area contributed by atoms with E-state index in [1.165, 1.54) is 12.2 Å². The fourth-order valence-corrected chi connectivity index (χ4v) is 4.04. The zero-order chi connectivity index (χ0) is 18.6. The van der Waals surface area contributed by atoms with Gasteiger partial charge in [0.15, 0.2) is 0 Å². The van der Waals surface area contributed by atoms with E-state index < -0.39 is 40.4 Å². The zero-order valence-corrected chi connectivity index (χ0v) is 13.4. The van der Waals surface area contributed by atoms with Crippen molar-refractivity contribution in [3.05, 3.63) is 54.7 Å². The fraction of sp³-hybridized carbons (Fsp3) is 0.357. The zero-order valence-electron chi connectivity index (χ0n) is 12.6. The summed E-state index contributed by atoms with van der Waals surface area (Å²) in [5.74, 6) is 0. The minimum Gasteiger partial charge on any atom is -0.300 e. The molecule has 0 amide bonds. The number of halogens is 4. The third-order valence-electron chi connectivity index (χ3n) is 4.06. The summed E-state index contributed by atoms with van der Waals surface area (Å²) in [6, 6.07) is 0. The average Bonchev–Trinajstić information content (AvgIpc) is 2.88. The second-order valence-electron chi connectivity index (χ2n) is 5.57. The topological polar surface area (TPSA) is 84.0 Å². The van der Waals surface area contributed by atoms with Crippen molar-refractivity contribution in [1.29, 1.82) is 0 Å². The molecule has 0 radical (unpaired) electrons. The van der Waals surface area contributed by atoms with Crippen LogP contribution in [0, 0.1) is 0 Å². The van der Waals surface area contributed by atoms with Crippen LogP contribution >= 0.6 is 11.9 Å². The van der Waals surface area contributed by atoms with E-state index in [4.69, 9.17) is 0 Å². The monoisotopic (exact) mass is 377 g/mol. The van der Waals surface area contributed by atoms with Crippen LogP contribution in [0.15, 0.2) is 32.2 Å². The molecule has 2 atom stereocenters. The van der Waals surface area contributed by atoms with Gasteiger partial charge >= 0.3 is 11.9 Å². The van der Waals surface area contributed by atoms with Crippen LogP contribution in [0.5, 0.6) is 0 Å². The van der Waals surface area contributed by atoms with E-state index in [0.717, 1.165) is 19.0 Å². The Morgan fingerprint density at radius 2 is 2.08 bits per heavy atom. The Hall–Kier alpha value is -2.14. The van der Waals surface area contributed by atoms with Crippen molar-refractivity contribution >= 4 is 18.2 Å². The number of aromatic amines is 1. The number of alkyl halides is 4. The highest BCUT2D eigenvalue weighted by atomic mass is 32.2. The number of H-pyrrole nitrogens is 1. The summed E-state index contributed by atoms with van der Waals surface area (Å²) in [5.41, 5.74) is -7.15. The molecule has 1 aromatic heterocycles. The Kier molecular flexibility index (Phi) is 4.03. The molecule has 0 saturated carbocycles. The van der Waals surface area contributed by atoms with Gasteiger partial charge in [-0.05, 0) is 23.6 Å². The molecule has 1 aliphatic carbocycles. The molecule has 2 heterocycles. The predicted octanol–water partition coefficient (Wildman–Crippen LogP) is 1.29. The quantitative estimate of drug-likeness (QED) is 0.461. The molecule has 1 aromatic rings. The first-order valence-electron chi connectivity index (χ1n) is 7.00. The third kappa shape index (κ3) is 2.58. The van der Waals surface area contributed by atoms with Gasteiger partial charge in [-0.25, -0.2) is 13.9 Å². The number of carbonyl (C=O) groups excluding carboxylic acids is 1. The molecule has 2 N–H and O–H groups in total. The Balaban J connectivity index is 2.38. The lowest BCUT2D eigenvalue weighted by molar-refractivity contribution is -0.145. The maximum atomic E-state index is 13.6. The first kappa shape index (κ1) is 17.7. The molecular formula is C14H11F4N3O3S. The van der Waals surface area contributed by atoms with E-state index in [9.17, 15) is 31.9 Å². The van der Waals surface area contributed by atoms with Crippen LogP contribution in [0.25, 0.3) is 0 Å². The summed E-state index contributed by atoms with van der Waals surface area (Å²) >= 11 is 0.759. The van der Waals surface area contributed by atoms with Gasteiger partial charge in [0, 0.05) is 18.4 Å². The van der Waals surface area contributed by atoms with Crippen molar-refractivity contribution < 1.29 is 22.4 Å². The number of rotatable bonds is 2. The van der Waals surface area contributed by atoms with Crippen LogP contribution in [0.2, 0.25) is 0 Å². The van der Waals surface area contributed by atoms with Gasteiger partial charge in [0.2, 0.25) is 0 Å². The number of aromatic nitrogens is 2. The highest BCUT2D eigenvalue weighted by Gasteiger charge is 2.52. The number of hydrogen-bond donors (Lipinski definition) is 2. The van der Waals surface area contributed by atoms with Crippen molar-refractivity contribution in [2.24, 2.45) is 7.05 Å². The number of hydrogen-bond acceptors (Lipinski definition) is 5. The molecule has 25 heavy (non-hydrogen) atoms. The molecule has 1 fully saturated rings. The van der Waals surface area contributed by atoms with Gasteiger partial charge in [-0.1, -0.05) is 6.08 Å². The Bertz CT molecular complexity index is 931. The van der Waals surface area contributed by atoms with E-state index in [2.05, 4.69) is 4.72 Å². The second-order valence-corrected chi connectivity index (χ2v) is 6.42. The summed E-state index contributed by atoms with van der Waals surface area (Å²) in [5, 5.41) is 0. The standard InChI is InChI=1S/C14H11F4N3O3S/c1-21-10(14(16,17)18)9(11(23)19-12(21)24)13(5-22)7-3-2-6(15)4-8(7)25-20-13/h3-6,20H,2H2,1H3,(H,19,23,24). The van der Waals surface area contributed by atoms with Gasteiger partial charge in [-0.15, -0.1) is 0 Å². The maximum absolute atomic E-state index is 13.6. The summed E-state index contributed by atoms with van der Waals surface area (Å²) in [6.07, 6.45) is -3.93. The van der Waals surface area contributed by atoms with Crippen molar-refractivity contribution in [1.82, 2.24) is 14.3 Å².